The number of benzene rings is 1. The normalized spacial score (nSPS) is 17.0. The van der Waals surface area contributed by atoms with Crippen molar-refractivity contribution >= 4 is 17.5 Å². The summed E-state index contributed by atoms with van der Waals surface area (Å²) in [7, 11) is 0. The van der Waals surface area contributed by atoms with Crippen molar-refractivity contribution in [2.45, 2.75) is 13.0 Å². The maximum atomic E-state index is 12.3. The highest BCUT2D eigenvalue weighted by atomic mass is 16.5. The van der Waals surface area contributed by atoms with Crippen molar-refractivity contribution in [3.8, 4) is 5.75 Å². The lowest BCUT2D eigenvalue weighted by molar-refractivity contribution is -0.908. The molecule has 29 heavy (non-hydrogen) atoms. The summed E-state index contributed by atoms with van der Waals surface area (Å²) in [5.41, 5.74) is 0.881. The van der Waals surface area contributed by atoms with E-state index < -0.39 is 0 Å². The number of quaternary nitrogens is 1. The molecule has 1 saturated heterocycles. The fourth-order valence-electron chi connectivity index (χ4n) is 3.49. The van der Waals surface area contributed by atoms with Gasteiger partial charge in [-0.3, -0.25) is 14.5 Å². The van der Waals surface area contributed by atoms with E-state index in [0.29, 0.717) is 23.9 Å². The SMILES string of the molecule is O=C(NCCC[NH+]1CCOCC1)c1coc(CN2C(=O)COc3ccccc32)n1. The van der Waals surface area contributed by atoms with E-state index in [1.807, 2.05) is 18.2 Å². The Hall–Kier alpha value is -2.91. The second kappa shape index (κ2) is 9.06. The molecule has 0 atom stereocenters. The second-order valence-corrected chi connectivity index (χ2v) is 7.08. The van der Waals surface area contributed by atoms with Crippen molar-refractivity contribution in [2.24, 2.45) is 0 Å². The Morgan fingerprint density at radius 2 is 2.07 bits per heavy atom. The molecule has 0 saturated carbocycles. The molecule has 0 aliphatic carbocycles. The Morgan fingerprint density at radius 3 is 2.93 bits per heavy atom. The number of aromatic nitrogens is 1. The fraction of sp³-hybridized carbons (Fsp3) is 0.450. The summed E-state index contributed by atoms with van der Waals surface area (Å²) in [6, 6.07) is 7.29. The molecule has 1 fully saturated rings. The molecule has 0 radical (unpaired) electrons. The number of nitrogens with one attached hydrogen (secondary N) is 2. The van der Waals surface area contributed by atoms with Crippen LogP contribution in [0.3, 0.4) is 0 Å². The van der Waals surface area contributed by atoms with Crippen LogP contribution in [0.5, 0.6) is 5.75 Å². The standard InChI is InChI=1S/C20H24N4O5/c25-19-14-28-17-5-2-1-4-16(17)24(19)12-18-22-15(13-29-18)20(26)21-6-3-7-23-8-10-27-11-9-23/h1-2,4-5,13H,3,6-12,14H2,(H,21,26)/p+1. The molecule has 1 aromatic heterocycles. The van der Waals surface area contributed by atoms with Crippen LogP contribution in [-0.2, 0) is 16.1 Å². The molecule has 2 N–H and O–H groups in total. The minimum atomic E-state index is -0.273. The number of rotatable bonds is 7. The van der Waals surface area contributed by atoms with E-state index in [9.17, 15) is 9.59 Å². The highest BCUT2D eigenvalue weighted by Gasteiger charge is 2.27. The zero-order valence-electron chi connectivity index (χ0n) is 16.2. The molecule has 1 aromatic carbocycles. The Balaban J connectivity index is 1.29. The molecule has 9 heteroatoms. The van der Waals surface area contributed by atoms with Crippen LogP contribution in [0.2, 0.25) is 0 Å². The minimum absolute atomic E-state index is 0.0316. The van der Waals surface area contributed by atoms with Gasteiger partial charge in [-0.2, -0.15) is 0 Å². The summed E-state index contributed by atoms with van der Waals surface area (Å²) in [5.74, 6) is 0.487. The van der Waals surface area contributed by atoms with Crippen LogP contribution in [0, 0.1) is 0 Å². The highest BCUT2D eigenvalue weighted by Crippen LogP contribution is 2.32. The third-order valence-corrected chi connectivity index (χ3v) is 5.08. The first kappa shape index (κ1) is 19.4. The molecule has 154 valence electrons. The third-order valence-electron chi connectivity index (χ3n) is 5.08. The van der Waals surface area contributed by atoms with Crippen molar-refractivity contribution in [3.63, 3.8) is 0 Å². The highest BCUT2D eigenvalue weighted by molar-refractivity contribution is 5.97. The predicted octanol–water partition coefficient (Wildman–Crippen LogP) is -0.365. The van der Waals surface area contributed by atoms with E-state index >= 15 is 0 Å². The van der Waals surface area contributed by atoms with Crippen LogP contribution in [0.4, 0.5) is 5.69 Å². The number of oxazole rings is 1. The zero-order valence-corrected chi connectivity index (χ0v) is 16.2. The number of morpholine rings is 1. The number of para-hydroxylation sites is 2. The quantitative estimate of drug-likeness (QED) is 0.615. The lowest BCUT2D eigenvalue weighted by Gasteiger charge is -2.28. The predicted molar refractivity (Wildman–Crippen MR) is 103 cm³/mol. The van der Waals surface area contributed by atoms with Crippen molar-refractivity contribution < 1.29 is 28.4 Å². The largest absolute Gasteiger partial charge is 0.482 e. The van der Waals surface area contributed by atoms with Crippen LogP contribution in [0.1, 0.15) is 22.8 Å². The van der Waals surface area contributed by atoms with E-state index in [1.54, 1.807) is 11.0 Å². The van der Waals surface area contributed by atoms with E-state index in [-0.39, 0.29) is 30.7 Å². The molecule has 0 bridgehead atoms. The Morgan fingerprint density at radius 1 is 1.24 bits per heavy atom. The molecule has 0 unspecified atom stereocenters. The molecule has 2 aromatic rings. The van der Waals surface area contributed by atoms with E-state index in [4.69, 9.17) is 13.9 Å². The lowest BCUT2D eigenvalue weighted by atomic mass is 10.2. The average molecular weight is 401 g/mol. The Kier molecular flexibility index (Phi) is 6.06. The van der Waals surface area contributed by atoms with Gasteiger partial charge in [-0.15, -0.1) is 0 Å². The first-order valence-electron chi connectivity index (χ1n) is 9.87. The topological polar surface area (TPSA) is 98.3 Å². The summed E-state index contributed by atoms with van der Waals surface area (Å²) in [5, 5.41) is 2.87. The van der Waals surface area contributed by atoms with E-state index in [0.717, 1.165) is 39.3 Å². The van der Waals surface area contributed by atoms with Gasteiger partial charge in [0, 0.05) is 13.0 Å². The van der Waals surface area contributed by atoms with Crippen molar-refractivity contribution in [2.75, 3.05) is 50.9 Å². The van der Waals surface area contributed by atoms with Crippen LogP contribution in [0.15, 0.2) is 34.9 Å². The van der Waals surface area contributed by atoms with Gasteiger partial charge in [0.15, 0.2) is 12.3 Å². The molecule has 9 nitrogen and oxygen atoms in total. The summed E-state index contributed by atoms with van der Waals surface area (Å²) < 4.78 is 16.2. The molecular formula is C20H25N4O5+. The van der Waals surface area contributed by atoms with Gasteiger partial charge in [0.25, 0.3) is 11.8 Å². The van der Waals surface area contributed by atoms with Crippen molar-refractivity contribution in [3.05, 3.63) is 42.1 Å². The van der Waals surface area contributed by atoms with Gasteiger partial charge in [0.05, 0.1) is 25.4 Å². The summed E-state index contributed by atoms with van der Waals surface area (Å²) in [4.78, 5) is 31.9. The third kappa shape index (κ3) is 4.75. The molecule has 2 amide bonds. The molecule has 3 heterocycles. The van der Waals surface area contributed by atoms with Crippen LogP contribution < -0.4 is 19.9 Å². The summed E-state index contributed by atoms with van der Waals surface area (Å²) in [6.45, 7) is 5.35. The fourth-order valence-corrected chi connectivity index (χ4v) is 3.49. The van der Waals surface area contributed by atoms with Crippen LogP contribution in [-0.4, -0.2) is 62.8 Å². The van der Waals surface area contributed by atoms with Gasteiger partial charge in [-0.25, -0.2) is 4.98 Å². The van der Waals surface area contributed by atoms with E-state index in [1.165, 1.54) is 11.2 Å². The molecule has 0 spiro atoms. The smallest absolute Gasteiger partial charge is 0.273 e. The maximum Gasteiger partial charge on any atom is 0.273 e. The zero-order chi connectivity index (χ0) is 20.1. The molecule has 2 aliphatic heterocycles. The minimum Gasteiger partial charge on any atom is -0.482 e. The van der Waals surface area contributed by atoms with Gasteiger partial charge in [0.2, 0.25) is 5.89 Å². The summed E-state index contributed by atoms with van der Waals surface area (Å²) in [6.07, 6.45) is 2.22. The number of anilines is 1. The molecular weight excluding hydrogens is 376 g/mol. The van der Waals surface area contributed by atoms with Crippen molar-refractivity contribution in [1.82, 2.24) is 10.3 Å². The maximum absolute atomic E-state index is 12.3. The van der Waals surface area contributed by atoms with Gasteiger partial charge < -0.3 is 24.1 Å². The monoisotopic (exact) mass is 401 g/mol. The first-order chi connectivity index (χ1) is 14.2. The molecule has 2 aliphatic rings. The van der Waals surface area contributed by atoms with Gasteiger partial charge in [-0.1, -0.05) is 12.1 Å². The van der Waals surface area contributed by atoms with Gasteiger partial charge in [-0.05, 0) is 12.1 Å². The first-order valence-corrected chi connectivity index (χ1v) is 9.87. The van der Waals surface area contributed by atoms with Gasteiger partial charge >= 0.3 is 0 Å². The Bertz CT molecular complexity index is 862. The number of nitrogens with zero attached hydrogens (tertiary/aromatic N) is 2. The number of hydrogen-bond acceptors (Lipinski definition) is 6. The number of amides is 2. The number of carbonyl (C=O) groups is 2. The second-order valence-electron chi connectivity index (χ2n) is 7.08. The molecule has 4 rings (SSSR count). The Labute approximate surface area is 168 Å². The summed E-state index contributed by atoms with van der Waals surface area (Å²) >= 11 is 0. The van der Waals surface area contributed by atoms with Gasteiger partial charge in [0.1, 0.15) is 31.6 Å². The van der Waals surface area contributed by atoms with Crippen molar-refractivity contribution in [1.29, 1.82) is 0 Å². The van der Waals surface area contributed by atoms with Crippen LogP contribution >= 0.6 is 0 Å². The number of carbonyl (C=O) groups excluding carboxylic acids is 2. The van der Waals surface area contributed by atoms with E-state index in [2.05, 4.69) is 10.3 Å². The lowest BCUT2D eigenvalue weighted by Crippen LogP contribution is -3.14. The number of hydrogen-bond donors (Lipinski definition) is 2. The number of ether oxygens (including phenoxy) is 2. The van der Waals surface area contributed by atoms with Crippen LogP contribution in [0.25, 0.3) is 0 Å². The number of fused-ring (bicyclic) bond motifs is 1. The average Bonchev–Trinajstić information content (AvgIpc) is 3.23.